The van der Waals surface area contributed by atoms with Crippen molar-refractivity contribution < 1.29 is 4.79 Å². The lowest BCUT2D eigenvalue weighted by Gasteiger charge is -2.05. The van der Waals surface area contributed by atoms with E-state index in [4.69, 9.17) is 5.73 Å². The zero-order valence-corrected chi connectivity index (χ0v) is 10.1. The second-order valence-corrected chi connectivity index (χ2v) is 3.99. The summed E-state index contributed by atoms with van der Waals surface area (Å²) in [6.07, 6.45) is 0. The van der Waals surface area contributed by atoms with Crippen molar-refractivity contribution in [3.63, 3.8) is 0 Å². The third-order valence-corrected chi connectivity index (χ3v) is 2.68. The van der Waals surface area contributed by atoms with Gasteiger partial charge in [-0.1, -0.05) is 42.5 Å². The Kier molecular flexibility index (Phi) is 4.10. The largest absolute Gasteiger partial charge is 0.351 e. The van der Waals surface area contributed by atoms with Gasteiger partial charge in [0.15, 0.2) is 0 Å². The molecule has 0 fully saturated rings. The predicted molar refractivity (Wildman–Crippen MR) is 73.3 cm³/mol. The third kappa shape index (κ3) is 2.96. The number of nitrogens with one attached hydrogen (secondary N) is 1. The van der Waals surface area contributed by atoms with Crippen molar-refractivity contribution in [2.75, 3.05) is 13.1 Å². The Labute approximate surface area is 107 Å². The number of hydrogen-bond acceptors (Lipinski definition) is 2. The lowest BCUT2D eigenvalue weighted by molar-refractivity contribution is 0.0955. The monoisotopic (exact) mass is 240 g/mol. The molecule has 0 spiro atoms. The van der Waals surface area contributed by atoms with Crippen molar-refractivity contribution in [1.82, 2.24) is 5.32 Å². The molecule has 0 heterocycles. The molecule has 0 radical (unpaired) electrons. The molecule has 2 aromatic rings. The minimum atomic E-state index is -0.0833. The minimum absolute atomic E-state index is 0.0833. The van der Waals surface area contributed by atoms with Crippen molar-refractivity contribution in [3.05, 3.63) is 60.2 Å². The van der Waals surface area contributed by atoms with E-state index in [0.717, 1.165) is 11.1 Å². The Bertz CT molecular complexity index is 506. The van der Waals surface area contributed by atoms with Gasteiger partial charge >= 0.3 is 0 Å². The number of hydrogen-bond donors (Lipinski definition) is 2. The molecule has 2 rings (SSSR count). The van der Waals surface area contributed by atoms with Crippen LogP contribution < -0.4 is 11.1 Å². The molecule has 18 heavy (non-hydrogen) atoms. The maximum Gasteiger partial charge on any atom is 0.251 e. The summed E-state index contributed by atoms with van der Waals surface area (Å²) >= 11 is 0. The number of carbonyl (C=O) groups is 1. The van der Waals surface area contributed by atoms with Crippen LogP contribution in [0.3, 0.4) is 0 Å². The Balaban J connectivity index is 2.13. The van der Waals surface area contributed by atoms with Gasteiger partial charge in [0.25, 0.3) is 5.91 Å². The van der Waals surface area contributed by atoms with E-state index < -0.39 is 0 Å². The van der Waals surface area contributed by atoms with Crippen LogP contribution in [-0.4, -0.2) is 19.0 Å². The van der Waals surface area contributed by atoms with Crippen molar-refractivity contribution in [3.8, 4) is 11.1 Å². The molecular formula is C15H16N2O. The first-order valence-corrected chi connectivity index (χ1v) is 5.95. The van der Waals surface area contributed by atoms with Crippen LogP contribution in [0.4, 0.5) is 0 Å². The van der Waals surface area contributed by atoms with Crippen molar-refractivity contribution >= 4 is 5.91 Å². The minimum Gasteiger partial charge on any atom is -0.351 e. The van der Waals surface area contributed by atoms with E-state index in [1.165, 1.54) is 0 Å². The molecule has 0 aliphatic rings. The first-order chi connectivity index (χ1) is 8.81. The number of rotatable bonds is 4. The molecule has 0 saturated carbocycles. The fraction of sp³-hybridized carbons (Fsp3) is 0.133. The average molecular weight is 240 g/mol. The van der Waals surface area contributed by atoms with Crippen LogP contribution in [0.2, 0.25) is 0 Å². The van der Waals surface area contributed by atoms with E-state index in [2.05, 4.69) is 5.32 Å². The maximum absolute atomic E-state index is 11.7. The SMILES string of the molecule is NCCNC(=O)c1ccc(-c2ccccc2)cc1. The Morgan fingerprint density at radius 1 is 0.944 bits per heavy atom. The molecule has 0 saturated heterocycles. The van der Waals surface area contributed by atoms with Crippen LogP contribution in [0.5, 0.6) is 0 Å². The van der Waals surface area contributed by atoms with E-state index in [1.807, 2.05) is 54.6 Å². The van der Waals surface area contributed by atoms with Gasteiger partial charge < -0.3 is 11.1 Å². The molecule has 0 aliphatic heterocycles. The zero-order valence-electron chi connectivity index (χ0n) is 10.1. The number of amides is 1. The van der Waals surface area contributed by atoms with Gasteiger partial charge in [0.05, 0.1) is 0 Å². The molecule has 2 aromatic carbocycles. The van der Waals surface area contributed by atoms with Gasteiger partial charge in [-0.15, -0.1) is 0 Å². The molecule has 0 atom stereocenters. The third-order valence-electron chi connectivity index (χ3n) is 2.68. The van der Waals surface area contributed by atoms with Gasteiger partial charge in [0.2, 0.25) is 0 Å². The normalized spacial score (nSPS) is 10.1. The quantitative estimate of drug-likeness (QED) is 0.859. The van der Waals surface area contributed by atoms with E-state index in [1.54, 1.807) is 0 Å². The van der Waals surface area contributed by atoms with E-state index in [0.29, 0.717) is 18.7 Å². The van der Waals surface area contributed by atoms with Gasteiger partial charge in [0, 0.05) is 18.7 Å². The first-order valence-electron chi connectivity index (χ1n) is 5.95. The van der Waals surface area contributed by atoms with Gasteiger partial charge in [0.1, 0.15) is 0 Å². The highest BCUT2D eigenvalue weighted by molar-refractivity contribution is 5.94. The first kappa shape index (κ1) is 12.3. The van der Waals surface area contributed by atoms with Gasteiger partial charge in [-0.3, -0.25) is 4.79 Å². The number of nitrogens with two attached hydrogens (primary N) is 1. The topological polar surface area (TPSA) is 55.1 Å². The molecule has 0 aliphatic carbocycles. The summed E-state index contributed by atoms with van der Waals surface area (Å²) in [5, 5.41) is 2.74. The van der Waals surface area contributed by atoms with Gasteiger partial charge in [-0.2, -0.15) is 0 Å². The molecule has 1 amide bonds. The van der Waals surface area contributed by atoms with Crippen LogP contribution in [0.25, 0.3) is 11.1 Å². The van der Waals surface area contributed by atoms with E-state index in [9.17, 15) is 4.79 Å². The summed E-state index contributed by atoms with van der Waals surface area (Å²) in [5.41, 5.74) is 8.24. The van der Waals surface area contributed by atoms with Crippen molar-refractivity contribution in [2.45, 2.75) is 0 Å². The van der Waals surface area contributed by atoms with Crippen LogP contribution in [0.15, 0.2) is 54.6 Å². The summed E-state index contributed by atoms with van der Waals surface area (Å²) in [7, 11) is 0. The molecule has 3 N–H and O–H groups in total. The highest BCUT2D eigenvalue weighted by atomic mass is 16.1. The standard InChI is InChI=1S/C15H16N2O/c16-10-11-17-15(18)14-8-6-13(7-9-14)12-4-2-1-3-5-12/h1-9H,10-11,16H2,(H,17,18). The maximum atomic E-state index is 11.7. The summed E-state index contributed by atoms with van der Waals surface area (Å²) < 4.78 is 0. The Hall–Kier alpha value is -2.13. The van der Waals surface area contributed by atoms with E-state index in [-0.39, 0.29) is 5.91 Å². The number of carbonyl (C=O) groups excluding carboxylic acids is 1. The molecule has 0 unspecified atom stereocenters. The molecular weight excluding hydrogens is 224 g/mol. The molecule has 92 valence electrons. The van der Waals surface area contributed by atoms with Crippen molar-refractivity contribution in [2.24, 2.45) is 5.73 Å². The molecule has 0 bridgehead atoms. The van der Waals surface area contributed by atoms with Gasteiger partial charge in [-0.25, -0.2) is 0 Å². The van der Waals surface area contributed by atoms with E-state index >= 15 is 0 Å². The fourth-order valence-electron chi connectivity index (χ4n) is 1.73. The summed E-state index contributed by atoms with van der Waals surface area (Å²) in [6.45, 7) is 0.951. The second kappa shape index (κ2) is 5.98. The van der Waals surface area contributed by atoms with Crippen LogP contribution in [-0.2, 0) is 0 Å². The highest BCUT2D eigenvalue weighted by Gasteiger charge is 2.04. The highest BCUT2D eigenvalue weighted by Crippen LogP contribution is 2.19. The zero-order chi connectivity index (χ0) is 12.8. The van der Waals surface area contributed by atoms with Crippen LogP contribution in [0, 0.1) is 0 Å². The number of benzene rings is 2. The van der Waals surface area contributed by atoms with Crippen LogP contribution in [0.1, 0.15) is 10.4 Å². The Morgan fingerprint density at radius 3 is 2.17 bits per heavy atom. The van der Waals surface area contributed by atoms with Crippen LogP contribution >= 0.6 is 0 Å². The smallest absolute Gasteiger partial charge is 0.251 e. The summed E-state index contributed by atoms with van der Waals surface area (Å²) in [5.74, 6) is -0.0833. The lowest BCUT2D eigenvalue weighted by atomic mass is 10.0. The fourth-order valence-corrected chi connectivity index (χ4v) is 1.73. The average Bonchev–Trinajstić information content (AvgIpc) is 2.46. The van der Waals surface area contributed by atoms with Gasteiger partial charge in [-0.05, 0) is 23.3 Å². The second-order valence-electron chi connectivity index (χ2n) is 3.99. The molecule has 3 nitrogen and oxygen atoms in total. The molecule has 3 heteroatoms. The summed E-state index contributed by atoms with van der Waals surface area (Å²) in [4.78, 5) is 11.7. The summed E-state index contributed by atoms with van der Waals surface area (Å²) in [6, 6.07) is 17.6. The van der Waals surface area contributed by atoms with Crippen molar-refractivity contribution in [1.29, 1.82) is 0 Å². The predicted octanol–water partition coefficient (Wildman–Crippen LogP) is 2.04. The molecule has 0 aromatic heterocycles. The Morgan fingerprint density at radius 2 is 1.56 bits per heavy atom. The lowest BCUT2D eigenvalue weighted by Crippen LogP contribution is -2.28.